The molecule has 0 amide bonds. The van der Waals surface area contributed by atoms with Crippen molar-refractivity contribution >= 4 is 0 Å². The fraction of sp³-hybridized carbons (Fsp3) is 1.00. The van der Waals surface area contributed by atoms with Gasteiger partial charge in [-0.15, -0.1) is 0 Å². The van der Waals surface area contributed by atoms with Crippen molar-refractivity contribution in [3.63, 3.8) is 0 Å². The molecule has 0 aromatic carbocycles. The lowest BCUT2D eigenvalue weighted by molar-refractivity contribution is -0.233. The largest absolute Gasteiger partial charge is 0.416 e. The van der Waals surface area contributed by atoms with Gasteiger partial charge >= 0.3 is 12.4 Å². The van der Waals surface area contributed by atoms with Gasteiger partial charge in [-0.2, -0.15) is 26.3 Å². The van der Waals surface area contributed by atoms with Crippen LogP contribution in [0.4, 0.5) is 26.3 Å². The SMILES string of the molecule is CC(N)C(OCCC(F)(F)F)C(F)(F)F. The highest BCUT2D eigenvalue weighted by atomic mass is 19.4. The first kappa shape index (κ1) is 14.5. The molecule has 2 nitrogen and oxygen atoms in total. The molecule has 0 fully saturated rings. The first-order valence-corrected chi connectivity index (χ1v) is 4.04. The highest BCUT2D eigenvalue weighted by molar-refractivity contribution is 4.76. The molecule has 0 aliphatic carbocycles. The Morgan fingerprint density at radius 1 is 1.13 bits per heavy atom. The van der Waals surface area contributed by atoms with E-state index in [0.29, 0.717) is 0 Å². The average molecular weight is 239 g/mol. The third kappa shape index (κ3) is 6.56. The van der Waals surface area contributed by atoms with Gasteiger partial charge in [0.25, 0.3) is 0 Å². The van der Waals surface area contributed by atoms with E-state index in [2.05, 4.69) is 4.74 Å². The fourth-order valence-electron chi connectivity index (χ4n) is 0.846. The molecule has 0 heterocycles. The van der Waals surface area contributed by atoms with Gasteiger partial charge in [0.2, 0.25) is 0 Å². The smallest absolute Gasteiger partial charge is 0.367 e. The fourth-order valence-corrected chi connectivity index (χ4v) is 0.846. The molecule has 0 radical (unpaired) electrons. The monoisotopic (exact) mass is 239 g/mol. The Kier molecular flexibility index (Phi) is 4.85. The Balaban J connectivity index is 4.11. The Morgan fingerprint density at radius 3 is 1.87 bits per heavy atom. The Bertz CT molecular complexity index is 187. The van der Waals surface area contributed by atoms with E-state index in [0.717, 1.165) is 6.92 Å². The van der Waals surface area contributed by atoms with Crippen molar-refractivity contribution in [1.82, 2.24) is 0 Å². The molecule has 2 atom stereocenters. The van der Waals surface area contributed by atoms with Crippen LogP contribution in [0.1, 0.15) is 13.3 Å². The van der Waals surface area contributed by atoms with Crippen LogP contribution in [0.3, 0.4) is 0 Å². The van der Waals surface area contributed by atoms with Crippen LogP contribution >= 0.6 is 0 Å². The highest BCUT2D eigenvalue weighted by Crippen LogP contribution is 2.26. The van der Waals surface area contributed by atoms with Crippen LogP contribution in [0, 0.1) is 0 Å². The first-order valence-electron chi connectivity index (χ1n) is 4.04. The maximum Gasteiger partial charge on any atom is 0.416 e. The van der Waals surface area contributed by atoms with Gasteiger partial charge in [0.1, 0.15) is 0 Å². The number of alkyl halides is 6. The van der Waals surface area contributed by atoms with Crippen molar-refractivity contribution < 1.29 is 31.1 Å². The number of ether oxygens (including phenoxy) is 1. The lowest BCUT2D eigenvalue weighted by Gasteiger charge is -2.24. The molecule has 0 spiro atoms. The highest BCUT2D eigenvalue weighted by Gasteiger charge is 2.43. The van der Waals surface area contributed by atoms with Crippen LogP contribution < -0.4 is 5.73 Å². The number of hydrogen-bond acceptors (Lipinski definition) is 2. The Morgan fingerprint density at radius 2 is 1.60 bits per heavy atom. The summed E-state index contributed by atoms with van der Waals surface area (Å²) < 4.78 is 75.2. The molecule has 15 heavy (non-hydrogen) atoms. The zero-order valence-electron chi connectivity index (χ0n) is 7.82. The summed E-state index contributed by atoms with van der Waals surface area (Å²) in [5.41, 5.74) is 4.95. The van der Waals surface area contributed by atoms with Crippen molar-refractivity contribution in [3.8, 4) is 0 Å². The molecule has 0 rings (SSSR count). The maximum atomic E-state index is 12.1. The summed E-state index contributed by atoms with van der Waals surface area (Å²) in [6.07, 6.45) is -13.1. The summed E-state index contributed by atoms with van der Waals surface area (Å²) in [7, 11) is 0. The van der Waals surface area contributed by atoms with Crippen LogP contribution in [-0.4, -0.2) is 31.1 Å². The van der Waals surface area contributed by atoms with Gasteiger partial charge in [-0.3, -0.25) is 0 Å². The van der Waals surface area contributed by atoms with Gasteiger partial charge < -0.3 is 10.5 Å². The molecule has 0 saturated carbocycles. The topological polar surface area (TPSA) is 35.2 Å². The summed E-state index contributed by atoms with van der Waals surface area (Å²) in [5.74, 6) is 0. The maximum absolute atomic E-state index is 12.1. The third-order valence-electron chi connectivity index (χ3n) is 1.48. The minimum atomic E-state index is -4.75. The van der Waals surface area contributed by atoms with E-state index in [1.165, 1.54) is 0 Å². The lowest BCUT2D eigenvalue weighted by Crippen LogP contribution is -2.45. The molecule has 0 aromatic heterocycles. The minimum absolute atomic E-state index is 1.02. The van der Waals surface area contributed by atoms with Crippen molar-refractivity contribution in [3.05, 3.63) is 0 Å². The second-order valence-electron chi connectivity index (χ2n) is 3.06. The van der Waals surface area contributed by atoms with Crippen LogP contribution in [0.15, 0.2) is 0 Å². The molecular weight excluding hydrogens is 228 g/mol. The molecule has 2 unspecified atom stereocenters. The van der Waals surface area contributed by atoms with Gasteiger partial charge in [0.15, 0.2) is 6.10 Å². The minimum Gasteiger partial charge on any atom is -0.367 e. The third-order valence-corrected chi connectivity index (χ3v) is 1.48. The van der Waals surface area contributed by atoms with E-state index in [1.54, 1.807) is 0 Å². The van der Waals surface area contributed by atoms with Crippen LogP contribution in [-0.2, 0) is 4.74 Å². The summed E-state index contributed by atoms with van der Waals surface area (Å²) in [4.78, 5) is 0. The molecule has 0 bridgehead atoms. The van der Waals surface area contributed by atoms with Gasteiger partial charge in [0.05, 0.1) is 13.0 Å². The molecule has 2 N–H and O–H groups in total. The van der Waals surface area contributed by atoms with Crippen LogP contribution in [0.5, 0.6) is 0 Å². The van der Waals surface area contributed by atoms with E-state index in [4.69, 9.17) is 5.73 Å². The second-order valence-corrected chi connectivity index (χ2v) is 3.06. The summed E-state index contributed by atoms with van der Waals surface area (Å²) in [6.45, 7) is -0.0268. The Hall–Kier alpha value is -0.500. The number of halogens is 6. The quantitative estimate of drug-likeness (QED) is 0.763. The van der Waals surface area contributed by atoms with E-state index in [9.17, 15) is 26.3 Å². The van der Waals surface area contributed by atoms with Gasteiger partial charge in [-0.05, 0) is 6.92 Å². The second kappa shape index (κ2) is 5.02. The molecule has 0 aromatic rings. The first-order chi connectivity index (χ1) is 6.54. The van der Waals surface area contributed by atoms with Crippen molar-refractivity contribution in [1.29, 1.82) is 0 Å². The molecule has 0 saturated heterocycles. The van der Waals surface area contributed by atoms with Crippen LogP contribution in [0.25, 0.3) is 0 Å². The normalized spacial score (nSPS) is 17.6. The summed E-state index contributed by atoms with van der Waals surface area (Å²) in [6, 6.07) is -1.40. The zero-order chi connectivity index (χ0) is 12.3. The zero-order valence-corrected chi connectivity index (χ0v) is 7.82. The lowest BCUT2D eigenvalue weighted by atomic mass is 10.2. The number of nitrogens with two attached hydrogens (primary N) is 1. The standard InChI is InChI=1S/C7H11F6NO/c1-4(14)5(7(11,12)13)15-3-2-6(8,9)10/h4-5H,2-3,14H2,1H3. The van der Waals surface area contributed by atoms with Gasteiger partial charge in [-0.1, -0.05) is 0 Å². The predicted octanol–water partition coefficient (Wildman–Crippen LogP) is 2.23. The van der Waals surface area contributed by atoms with Crippen molar-refractivity contribution in [2.75, 3.05) is 6.61 Å². The Labute approximate surface area is 82.4 Å². The van der Waals surface area contributed by atoms with Crippen LogP contribution in [0.2, 0.25) is 0 Å². The summed E-state index contributed by atoms with van der Waals surface area (Å²) >= 11 is 0. The van der Waals surface area contributed by atoms with E-state index >= 15 is 0 Å². The molecular formula is C7H11F6NO. The molecule has 0 aliphatic rings. The number of hydrogen-bond donors (Lipinski definition) is 1. The average Bonchev–Trinajstić information content (AvgIpc) is 1.92. The number of rotatable bonds is 4. The molecule has 8 heteroatoms. The molecule has 0 aliphatic heterocycles. The van der Waals surface area contributed by atoms with Crippen molar-refractivity contribution in [2.24, 2.45) is 5.73 Å². The van der Waals surface area contributed by atoms with Crippen molar-refractivity contribution in [2.45, 2.75) is 37.8 Å². The van der Waals surface area contributed by atoms with Gasteiger partial charge in [-0.25, -0.2) is 0 Å². The summed E-state index contributed by atoms with van der Waals surface area (Å²) in [5, 5.41) is 0. The predicted molar refractivity (Wildman–Crippen MR) is 40.1 cm³/mol. The van der Waals surface area contributed by atoms with E-state index in [1.807, 2.05) is 0 Å². The van der Waals surface area contributed by atoms with E-state index < -0.39 is 37.5 Å². The van der Waals surface area contributed by atoms with Gasteiger partial charge in [0, 0.05) is 6.04 Å². The van der Waals surface area contributed by atoms with E-state index in [-0.39, 0.29) is 0 Å². The molecule has 92 valence electrons.